The molecule has 2 aliphatic rings. The molecule has 1 aliphatic carbocycles. The molecular weight excluding hydrogens is 244 g/mol. The van der Waals surface area contributed by atoms with Gasteiger partial charge in [-0.15, -0.1) is 0 Å². The van der Waals surface area contributed by atoms with Gasteiger partial charge in [-0.3, -0.25) is 9.59 Å². The minimum atomic E-state index is -0.300. The van der Waals surface area contributed by atoms with Crippen molar-refractivity contribution in [3.8, 4) is 0 Å². The molecular formula is C14H24N2O3. The minimum Gasteiger partial charge on any atom is -0.369 e. The second-order valence-corrected chi connectivity index (χ2v) is 5.65. The van der Waals surface area contributed by atoms with E-state index in [1.165, 1.54) is 19.3 Å². The maximum atomic E-state index is 12.1. The first kappa shape index (κ1) is 14.3. The monoisotopic (exact) mass is 268 g/mol. The lowest BCUT2D eigenvalue weighted by Crippen LogP contribution is -2.45. The lowest BCUT2D eigenvalue weighted by atomic mass is 9.97. The molecule has 108 valence electrons. The highest BCUT2D eigenvalue weighted by Gasteiger charge is 2.27. The van der Waals surface area contributed by atoms with Crippen molar-refractivity contribution in [2.24, 2.45) is 11.7 Å². The number of amides is 2. The number of ether oxygens (including phenoxy) is 1. The number of nitrogens with zero attached hydrogens (tertiary/aromatic N) is 1. The quantitative estimate of drug-likeness (QED) is 0.828. The molecule has 1 saturated carbocycles. The summed E-state index contributed by atoms with van der Waals surface area (Å²) in [5.41, 5.74) is 5.31. The second-order valence-electron chi connectivity index (χ2n) is 5.65. The van der Waals surface area contributed by atoms with Crippen LogP contribution in [-0.2, 0) is 14.3 Å². The molecule has 0 aromatic heterocycles. The van der Waals surface area contributed by atoms with Gasteiger partial charge in [0, 0.05) is 13.1 Å². The van der Waals surface area contributed by atoms with Gasteiger partial charge in [-0.25, -0.2) is 0 Å². The van der Waals surface area contributed by atoms with E-state index in [-0.39, 0.29) is 30.4 Å². The highest BCUT2D eigenvalue weighted by Crippen LogP contribution is 2.21. The molecule has 1 saturated heterocycles. The Morgan fingerprint density at radius 3 is 2.53 bits per heavy atom. The van der Waals surface area contributed by atoms with Crippen LogP contribution >= 0.6 is 0 Å². The molecule has 5 heteroatoms. The van der Waals surface area contributed by atoms with Crippen molar-refractivity contribution in [2.75, 3.05) is 19.7 Å². The highest BCUT2D eigenvalue weighted by molar-refractivity contribution is 5.80. The predicted molar refractivity (Wildman–Crippen MR) is 71.3 cm³/mol. The summed E-state index contributed by atoms with van der Waals surface area (Å²) >= 11 is 0. The van der Waals surface area contributed by atoms with Gasteiger partial charge in [0.05, 0.1) is 12.0 Å². The van der Waals surface area contributed by atoms with Crippen molar-refractivity contribution < 1.29 is 14.3 Å². The number of primary amides is 1. The van der Waals surface area contributed by atoms with Crippen LogP contribution in [0.25, 0.3) is 0 Å². The van der Waals surface area contributed by atoms with E-state index in [9.17, 15) is 9.59 Å². The third kappa shape index (κ3) is 4.20. The molecule has 0 aromatic rings. The van der Waals surface area contributed by atoms with Gasteiger partial charge in [0.15, 0.2) is 0 Å². The van der Waals surface area contributed by atoms with Gasteiger partial charge in [0.1, 0.15) is 6.61 Å². The Bertz CT molecular complexity index is 327. The first-order valence-electron chi connectivity index (χ1n) is 7.35. The average molecular weight is 268 g/mol. The summed E-state index contributed by atoms with van der Waals surface area (Å²) in [5.74, 6) is -0.491. The predicted octanol–water partition coefficient (Wildman–Crippen LogP) is 1.06. The largest absolute Gasteiger partial charge is 0.369 e. The smallest absolute Gasteiger partial charge is 0.248 e. The lowest BCUT2D eigenvalue weighted by Gasteiger charge is -2.32. The topological polar surface area (TPSA) is 72.6 Å². The van der Waals surface area contributed by atoms with Crippen LogP contribution in [0.15, 0.2) is 0 Å². The third-order valence-electron chi connectivity index (χ3n) is 4.17. The Morgan fingerprint density at radius 1 is 1.11 bits per heavy atom. The first-order valence-corrected chi connectivity index (χ1v) is 7.35. The molecule has 0 spiro atoms. The lowest BCUT2D eigenvalue weighted by molar-refractivity contribution is -0.141. The summed E-state index contributed by atoms with van der Waals surface area (Å²) in [4.78, 5) is 25.0. The minimum absolute atomic E-state index is 0.00322. The van der Waals surface area contributed by atoms with Crippen LogP contribution in [-0.4, -0.2) is 42.5 Å². The van der Waals surface area contributed by atoms with E-state index in [0.717, 1.165) is 32.2 Å². The molecule has 2 amide bonds. The fraction of sp³-hybridized carbons (Fsp3) is 0.857. The molecule has 0 radical (unpaired) electrons. The number of hydrogen-bond donors (Lipinski definition) is 1. The zero-order valence-electron chi connectivity index (χ0n) is 11.5. The van der Waals surface area contributed by atoms with Crippen LogP contribution < -0.4 is 5.73 Å². The summed E-state index contributed by atoms with van der Waals surface area (Å²) in [6, 6.07) is 0. The van der Waals surface area contributed by atoms with Crippen LogP contribution in [0, 0.1) is 5.92 Å². The number of nitrogens with two attached hydrogens (primary N) is 1. The number of piperidine rings is 1. The van der Waals surface area contributed by atoms with E-state index in [2.05, 4.69) is 0 Å². The fourth-order valence-electron chi connectivity index (χ4n) is 2.95. The Balaban J connectivity index is 1.74. The molecule has 1 atom stereocenters. The maximum Gasteiger partial charge on any atom is 0.248 e. The Kier molecular flexibility index (Phi) is 5.19. The van der Waals surface area contributed by atoms with E-state index in [1.54, 1.807) is 4.90 Å². The number of carbonyl (C=O) groups is 2. The fourth-order valence-corrected chi connectivity index (χ4v) is 2.95. The molecule has 0 bridgehead atoms. The number of likely N-dealkylation sites (tertiary alicyclic amines) is 1. The third-order valence-corrected chi connectivity index (χ3v) is 4.17. The zero-order valence-corrected chi connectivity index (χ0v) is 11.5. The van der Waals surface area contributed by atoms with Gasteiger partial charge in [-0.2, -0.15) is 0 Å². The van der Waals surface area contributed by atoms with Crippen molar-refractivity contribution in [1.82, 2.24) is 4.90 Å². The average Bonchev–Trinajstić information content (AvgIpc) is 2.46. The summed E-state index contributed by atoms with van der Waals surface area (Å²) in [7, 11) is 0. The van der Waals surface area contributed by atoms with Gasteiger partial charge in [0.25, 0.3) is 0 Å². The molecule has 2 rings (SSSR count). The Labute approximate surface area is 114 Å². The number of rotatable bonds is 4. The zero-order chi connectivity index (χ0) is 13.7. The van der Waals surface area contributed by atoms with E-state index >= 15 is 0 Å². The Hall–Kier alpha value is -1.10. The molecule has 2 N–H and O–H groups in total. The molecule has 1 unspecified atom stereocenters. The summed E-state index contributed by atoms with van der Waals surface area (Å²) in [5, 5.41) is 0. The van der Waals surface area contributed by atoms with Crippen LogP contribution in [0.2, 0.25) is 0 Å². The van der Waals surface area contributed by atoms with Gasteiger partial charge in [-0.1, -0.05) is 19.3 Å². The standard InChI is InChI=1S/C14H24N2O3/c15-14(18)11-5-4-8-16(9-11)13(17)10-19-12-6-2-1-3-7-12/h11-12H,1-10H2,(H2,15,18). The number of hydrogen-bond acceptors (Lipinski definition) is 3. The van der Waals surface area contributed by atoms with Crippen LogP contribution in [0.1, 0.15) is 44.9 Å². The van der Waals surface area contributed by atoms with Gasteiger partial charge < -0.3 is 15.4 Å². The first-order chi connectivity index (χ1) is 9.16. The summed E-state index contributed by atoms with van der Waals surface area (Å²) < 4.78 is 5.69. The molecule has 0 aromatic carbocycles. The van der Waals surface area contributed by atoms with Crippen LogP contribution in [0.5, 0.6) is 0 Å². The van der Waals surface area contributed by atoms with Crippen molar-refractivity contribution in [3.63, 3.8) is 0 Å². The molecule has 5 nitrogen and oxygen atoms in total. The van der Waals surface area contributed by atoms with Crippen molar-refractivity contribution in [2.45, 2.75) is 51.0 Å². The molecule has 1 heterocycles. The normalized spacial score (nSPS) is 25.3. The van der Waals surface area contributed by atoms with E-state index < -0.39 is 0 Å². The molecule has 2 fully saturated rings. The number of carbonyl (C=O) groups excluding carboxylic acids is 2. The van der Waals surface area contributed by atoms with Crippen LogP contribution in [0.3, 0.4) is 0 Å². The maximum absolute atomic E-state index is 12.1. The highest BCUT2D eigenvalue weighted by atomic mass is 16.5. The van der Waals surface area contributed by atoms with Crippen molar-refractivity contribution >= 4 is 11.8 Å². The van der Waals surface area contributed by atoms with E-state index in [4.69, 9.17) is 10.5 Å². The van der Waals surface area contributed by atoms with E-state index in [1.807, 2.05) is 0 Å². The van der Waals surface area contributed by atoms with Gasteiger partial charge in [0.2, 0.25) is 11.8 Å². The van der Waals surface area contributed by atoms with Crippen molar-refractivity contribution in [1.29, 1.82) is 0 Å². The van der Waals surface area contributed by atoms with E-state index in [0.29, 0.717) is 6.54 Å². The summed E-state index contributed by atoms with van der Waals surface area (Å²) in [6.07, 6.45) is 7.70. The molecule has 19 heavy (non-hydrogen) atoms. The molecule has 1 aliphatic heterocycles. The van der Waals surface area contributed by atoms with Gasteiger partial charge in [-0.05, 0) is 25.7 Å². The van der Waals surface area contributed by atoms with Crippen molar-refractivity contribution in [3.05, 3.63) is 0 Å². The second kappa shape index (κ2) is 6.89. The van der Waals surface area contributed by atoms with Gasteiger partial charge >= 0.3 is 0 Å². The Morgan fingerprint density at radius 2 is 1.84 bits per heavy atom. The summed E-state index contributed by atoms with van der Waals surface area (Å²) in [6.45, 7) is 1.33. The SMILES string of the molecule is NC(=O)C1CCCN(C(=O)COC2CCCCC2)C1. The van der Waals surface area contributed by atoms with Crippen LogP contribution in [0.4, 0.5) is 0 Å².